The number of esters is 1. The van der Waals surface area contributed by atoms with E-state index < -0.39 is 11.5 Å². The highest BCUT2D eigenvalue weighted by Crippen LogP contribution is 2.61. The fourth-order valence-corrected chi connectivity index (χ4v) is 5.63. The lowest BCUT2D eigenvalue weighted by atomic mass is 9.46. The van der Waals surface area contributed by atoms with Crippen molar-refractivity contribution < 1.29 is 19.7 Å². The zero-order chi connectivity index (χ0) is 17.5. The average molecular weight is 334 g/mol. The molecular weight excluding hydrogens is 304 g/mol. The Kier molecular flexibility index (Phi) is 4.65. The van der Waals surface area contributed by atoms with Gasteiger partial charge in [-0.15, -0.1) is 0 Å². The van der Waals surface area contributed by atoms with E-state index in [2.05, 4.69) is 13.5 Å². The summed E-state index contributed by atoms with van der Waals surface area (Å²) < 4.78 is 5.01. The maximum Gasteiger partial charge on any atom is 0.334 e. The van der Waals surface area contributed by atoms with Crippen molar-refractivity contribution >= 4 is 5.97 Å². The topological polar surface area (TPSA) is 66.8 Å². The van der Waals surface area contributed by atoms with Crippen LogP contribution < -0.4 is 0 Å². The summed E-state index contributed by atoms with van der Waals surface area (Å²) in [5.74, 6) is 0.417. The first-order chi connectivity index (χ1) is 11.3. The molecule has 1 aliphatic heterocycles. The third-order valence-electron chi connectivity index (χ3n) is 7.20. The monoisotopic (exact) mass is 334 g/mol. The predicted octanol–water partition coefficient (Wildman–Crippen LogP) is 2.99. The van der Waals surface area contributed by atoms with Crippen LogP contribution in [0, 0.1) is 22.7 Å². The van der Waals surface area contributed by atoms with Crippen LogP contribution in [0.15, 0.2) is 23.8 Å². The Bertz CT molecular complexity index is 566. The largest absolute Gasteiger partial charge is 0.458 e. The van der Waals surface area contributed by atoms with E-state index in [0.717, 1.165) is 44.1 Å². The molecule has 2 aliphatic carbocycles. The molecule has 134 valence electrons. The zero-order valence-corrected chi connectivity index (χ0v) is 14.9. The minimum Gasteiger partial charge on any atom is -0.458 e. The second kappa shape index (κ2) is 6.30. The molecule has 0 unspecified atom stereocenters. The summed E-state index contributed by atoms with van der Waals surface area (Å²) >= 11 is 0. The van der Waals surface area contributed by atoms with Gasteiger partial charge in [0.1, 0.15) is 6.61 Å². The van der Waals surface area contributed by atoms with Gasteiger partial charge in [0, 0.05) is 11.0 Å². The van der Waals surface area contributed by atoms with Gasteiger partial charge in [0.05, 0.1) is 12.7 Å². The van der Waals surface area contributed by atoms with Crippen molar-refractivity contribution in [1.82, 2.24) is 0 Å². The number of hydrogen-bond donors (Lipinski definition) is 2. The third kappa shape index (κ3) is 2.64. The van der Waals surface area contributed by atoms with Gasteiger partial charge in [-0.05, 0) is 61.9 Å². The van der Waals surface area contributed by atoms with Crippen LogP contribution >= 0.6 is 0 Å². The molecule has 24 heavy (non-hydrogen) atoms. The maximum atomic E-state index is 11.7. The number of carbonyl (C=O) groups is 1. The second-order valence-corrected chi connectivity index (χ2v) is 8.39. The first kappa shape index (κ1) is 17.7. The molecule has 0 aromatic heterocycles. The van der Waals surface area contributed by atoms with Crippen molar-refractivity contribution in [1.29, 1.82) is 0 Å². The van der Waals surface area contributed by atoms with Crippen molar-refractivity contribution in [2.75, 3.05) is 13.2 Å². The first-order valence-electron chi connectivity index (χ1n) is 9.15. The van der Waals surface area contributed by atoms with Gasteiger partial charge in [0.15, 0.2) is 0 Å². The van der Waals surface area contributed by atoms with Crippen LogP contribution in [0.25, 0.3) is 0 Å². The van der Waals surface area contributed by atoms with Crippen LogP contribution in [0.1, 0.15) is 52.4 Å². The Morgan fingerprint density at radius 3 is 2.75 bits per heavy atom. The molecule has 0 aromatic carbocycles. The molecule has 0 bridgehead atoms. The number of carbonyl (C=O) groups excluding carboxylic acids is 1. The van der Waals surface area contributed by atoms with Crippen molar-refractivity contribution in [3.05, 3.63) is 23.8 Å². The lowest BCUT2D eigenvalue weighted by Crippen LogP contribution is -2.57. The molecule has 0 aromatic rings. The van der Waals surface area contributed by atoms with Gasteiger partial charge in [-0.1, -0.05) is 26.0 Å². The first-order valence-corrected chi connectivity index (χ1v) is 9.15. The van der Waals surface area contributed by atoms with Gasteiger partial charge in [-0.3, -0.25) is 0 Å². The fourth-order valence-electron chi connectivity index (χ4n) is 5.63. The van der Waals surface area contributed by atoms with Crippen LogP contribution in [0.4, 0.5) is 0 Å². The molecule has 0 spiro atoms. The molecule has 2 fully saturated rings. The maximum absolute atomic E-state index is 11.7. The number of hydrogen-bond acceptors (Lipinski definition) is 4. The molecule has 3 rings (SSSR count). The standard InChI is InChI=1S/C20H30O4/c1-13-4-7-16-19(2,10-8-17(22)20(16,3)12-21)15(13)6-5-14-9-11-24-18(14)23/h9,15-17,21-22H,1,4-8,10-12H2,2-3H3/t15-,16+,17+,19+,20-/m0/s1. The van der Waals surface area contributed by atoms with E-state index in [1.807, 2.05) is 13.0 Å². The van der Waals surface area contributed by atoms with Crippen LogP contribution in [-0.4, -0.2) is 35.5 Å². The van der Waals surface area contributed by atoms with E-state index >= 15 is 0 Å². The van der Waals surface area contributed by atoms with Crippen LogP contribution in [0.5, 0.6) is 0 Å². The van der Waals surface area contributed by atoms with E-state index in [4.69, 9.17) is 4.74 Å². The lowest BCUT2D eigenvalue weighted by molar-refractivity contribution is -0.152. The fraction of sp³-hybridized carbons (Fsp3) is 0.750. The highest BCUT2D eigenvalue weighted by Gasteiger charge is 2.57. The second-order valence-electron chi connectivity index (χ2n) is 8.39. The number of allylic oxidation sites excluding steroid dienone is 1. The number of fused-ring (bicyclic) bond motifs is 1. The highest BCUT2D eigenvalue weighted by atomic mass is 16.5. The summed E-state index contributed by atoms with van der Waals surface area (Å²) in [6, 6.07) is 0. The van der Waals surface area contributed by atoms with E-state index in [1.54, 1.807) is 0 Å². The van der Waals surface area contributed by atoms with Crippen molar-refractivity contribution in [3.63, 3.8) is 0 Å². The van der Waals surface area contributed by atoms with Gasteiger partial charge < -0.3 is 14.9 Å². The Labute approximate surface area is 144 Å². The normalized spacial score (nSPS) is 42.5. The molecule has 1 heterocycles. The van der Waals surface area contributed by atoms with Crippen LogP contribution in [-0.2, 0) is 9.53 Å². The number of ether oxygens (including phenoxy) is 1. The summed E-state index contributed by atoms with van der Waals surface area (Å²) in [6.45, 7) is 9.07. The molecule has 0 radical (unpaired) electrons. The number of aliphatic hydroxyl groups is 2. The van der Waals surface area contributed by atoms with Gasteiger partial charge in [0.25, 0.3) is 0 Å². The Morgan fingerprint density at radius 1 is 1.38 bits per heavy atom. The Hall–Kier alpha value is -1.13. The molecule has 2 N–H and O–H groups in total. The lowest BCUT2D eigenvalue weighted by Gasteiger charge is -2.60. The molecule has 4 heteroatoms. The summed E-state index contributed by atoms with van der Waals surface area (Å²) in [7, 11) is 0. The van der Waals surface area contributed by atoms with Crippen LogP contribution in [0.2, 0.25) is 0 Å². The number of cyclic esters (lactones) is 1. The van der Waals surface area contributed by atoms with Crippen molar-refractivity contribution in [3.8, 4) is 0 Å². The summed E-state index contributed by atoms with van der Waals surface area (Å²) in [5.41, 5.74) is 1.62. The number of aliphatic hydroxyl groups excluding tert-OH is 2. The van der Waals surface area contributed by atoms with Gasteiger partial charge in [0.2, 0.25) is 0 Å². The minimum atomic E-state index is -0.447. The summed E-state index contributed by atoms with van der Waals surface area (Å²) in [6.07, 6.45) is 6.64. The van der Waals surface area contributed by atoms with E-state index in [0.29, 0.717) is 12.5 Å². The van der Waals surface area contributed by atoms with Crippen LogP contribution in [0.3, 0.4) is 0 Å². The Morgan fingerprint density at radius 2 is 2.12 bits per heavy atom. The van der Waals surface area contributed by atoms with Gasteiger partial charge in [-0.2, -0.15) is 0 Å². The molecule has 0 saturated heterocycles. The van der Waals surface area contributed by atoms with Crippen molar-refractivity contribution in [2.24, 2.45) is 22.7 Å². The van der Waals surface area contributed by atoms with E-state index in [1.165, 1.54) is 5.57 Å². The molecule has 0 amide bonds. The minimum absolute atomic E-state index is 0.0189. The van der Waals surface area contributed by atoms with Crippen molar-refractivity contribution in [2.45, 2.75) is 58.5 Å². The third-order valence-corrected chi connectivity index (χ3v) is 7.20. The van der Waals surface area contributed by atoms with Gasteiger partial charge >= 0.3 is 5.97 Å². The van der Waals surface area contributed by atoms with E-state index in [-0.39, 0.29) is 23.9 Å². The molecular formula is C20H30O4. The molecule has 4 nitrogen and oxygen atoms in total. The molecule has 2 saturated carbocycles. The summed E-state index contributed by atoms with van der Waals surface area (Å²) in [5, 5.41) is 20.5. The Balaban J connectivity index is 1.83. The van der Waals surface area contributed by atoms with Gasteiger partial charge in [-0.25, -0.2) is 4.79 Å². The summed E-state index contributed by atoms with van der Waals surface area (Å²) in [4.78, 5) is 11.7. The SMILES string of the molecule is C=C1CC[C@H]2[C@](C)(CO)[C@H](O)CC[C@]2(C)[C@H]1CCC1=CCOC1=O. The molecule has 5 atom stereocenters. The average Bonchev–Trinajstić information content (AvgIpc) is 2.96. The number of rotatable bonds is 4. The smallest absolute Gasteiger partial charge is 0.334 e. The highest BCUT2D eigenvalue weighted by molar-refractivity contribution is 5.90. The molecule has 3 aliphatic rings. The predicted molar refractivity (Wildman–Crippen MR) is 92.2 cm³/mol. The quantitative estimate of drug-likeness (QED) is 0.613. The van der Waals surface area contributed by atoms with E-state index in [9.17, 15) is 15.0 Å². The zero-order valence-electron chi connectivity index (χ0n) is 14.9.